The molecule has 2 aromatic carbocycles. The Balaban J connectivity index is 1.85. The van der Waals surface area contributed by atoms with Crippen LogP contribution in [0.15, 0.2) is 65.7 Å². The Hall–Kier alpha value is -3.08. The average molecular weight is 309 g/mol. The Morgan fingerprint density at radius 2 is 2.00 bits per heavy atom. The van der Waals surface area contributed by atoms with Gasteiger partial charge in [-0.2, -0.15) is 0 Å². The van der Waals surface area contributed by atoms with Crippen molar-refractivity contribution < 1.29 is 8.81 Å². The molecule has 1 aromatic heterocycles. The van der Waals surface area contributed by atoms with Crippen LogP contribution in [0.5, 0.6) is 0 Å². The fourth-order valence-corrected chi connectivity index (χ4v) is 2.15. The first kappa shape index (κ1) is 14.8. The lowest BCUT2D eigenvalue weighted by Gasteiger charge is -2.06. The number of nitrogens with one attached hydrogen (secondary N) is 2. The van der Waals surface area contributed by atoms with Gasteiger partial charge in [-0.3, -0.25) is 0 Å². The van der Waals surface area contributed by atoms with E-state index in [1.54, 1.807) is 24.4 Å². The van der Waals surface area contributed by atoms with E-state index in [4.69, 9.17) is 4.42 Å². The number of para-hydroxylation sites is 1. The van der Waals surface area contributed by atoms with E-state index in [-0.39, 0.29) is 11.8 Å². The van der Waals surface area contributed by atoms with Crippen LogP contribution in [0.25, 0.3) is 17.0 Å². The molecule has 0 spiro atoms. The van der Waals surface area contributed by atoms with E-state index >= 15 is 0 Å². The van der Waals surface area contributed by atoms with Crippen LogP contribution in [0, 0.1) is 5.82 Å². The van der Waals surface area contributed by atoms with Crippen molar-refractivity contribution in [2.75, 3.05) is 12.4 Å². The summed E-state index contributed by atoms with van der Waals surface area (Å²) in [5.74, 6) is 0.231. The van der Waals surface area contributed by atoms with Gasteiger partial charge >= 0.3 is 0 Å². The van der Waals surface area contributed by atoms with Crippen LogP contribution in [0.4, 0.5) is 16.1 Å². The van der Waals surface area contributed by atoms with Gasteiger partial charge in [0.2, 0.25) is 0 Å². The van der Waals surface area contributed by atoms with Crippen molar-refractivity contribution in [2.45, 2.75) is 0 Å². The minimum absolute atomic E-state index is 0.239. The van der Waals surface area contributed by atoms with Crippen LogP contribution in [0.1, 0.15) is 5.56 Å². The molecule has 0 unspecified atom stereocenters. The molecule has 2 N–H and O–H groups in total. The van der Waals surface area contributed by atoms with Crippen LogP contribution in [-0.2, 0) is 0 Å². The van der Waals surface area contributed by atoms with E-state index in [1.807, 2.05) is 31.3 Å². The largest absolute Gasteiger partial charge is 0.423 e. The van der Waals surface area contributed by atoms with E-state index in [0.717, 1.165) is 16.8 Å². The Labute approximate surface area is 133 Å². The fourth-order valence-electron chi connectivity index (χ4n) is 2.15. The molecule has 0 aliphatic carbocycles. The summed E-state index contributed by atoms with van der Waals surface area (Å²) in [4.78, 5) is 4.14. The molecule has 3 aromatic rings. The number of oxazole rings is 1. The Kier molecular flexibility index (Phi) is 4.10. The monoisotopic (exact) mass is 309 g/mol. The van der Waals surface area contributed by atoms with E-state index in [0.29, 0.717) is 11.4 Å². The molecule has 0 aliphatic rings. The molecule has 0 radical (unpaired) electrons. The number of aromatic nitrogens is 1. The molecule has 5 heteroatoms. The third-order valence-corrected chi connectivity index (χ3v) is 3.42. The standard InChI is InChI=1S/C18H16FN3O/c1-12(20-2)13-6-5-7-14(10-13)17-11-21-18(23-17)22-16-9-4-3-8-15(16)19/h3-11,20H,1H2,2H3,(H,21,22). The van der Waals surface area contributed by atoms with Gasteiger partial charge in [0.25, 0.3) is 6.01 Å². The first-order chi connectivity index (χ1) is 11.2. The normalized spacial score (nSPS) is 10.3. The summed E-state index contributed by atoms with van der Waals surface area (Å²) in [6, 6.07) is 14.3. The van der Waals surface area contributed by atoms with Crippen LogP contribution in [-0.4, -0.2) is 12.0 Å². The molecule has 0 aliphatic heterocycles. The summed E-state index contributed by atoms with van der Waals surface area (Å²) in [7, 11) is 1.82. The number of anilines is 2. The van der Waals surface area contributed by atoms with Crippen LogP contribution in [0.2, 0.25) is 0 Å². The van der Waals surface area contributed by atoms with E-state index in [1.165, 1.54) is 6.07 Å². The molecule has 4 nitrogen and oxygen atoms in total. The Morgan fingerprint density at radius 3 is 2.78 bits per heavy atom. The first-order valence-corrected chi connectivity index (χ1v) is 7.12. The summed E-state index contributed by atoms with van der Waals surface area (Å²) in [6.45, 7) is 3.94. The van der Waals surface area contributed by atoms with Crippen molar-refractivity contribution >= 4 is 17.4 Å². The van der Waals surface area contributed by atoms with Gasteiger partial charge in [-0.15, -0.1) is 0 Å². The van der Waals surface area contributed by atoms with E-state index < -0.39 is 0 Å². The zero-order chi connectivity index (χ0) is 16.2. The third kappa shape index (κ3) is 3.23. The maximum atomic E-state index is 13.6. The minimum Gasteiger partial charge on any atom is -0.423 e. The predicted octanol–water partition coefficient (Wildman–Crippen LogP) is 4.41. The van der Waals surface area contributed by atoms with Crippen LogP contribution in [0.3, 0.4) is 0 Å². The molecule has 0 atom stereocenters. The van der Waals surface area contributed by atoms with Gasteiger partial charge < -0.3 is 15.1 Å². The molecular weight excluding hydrogens is 293 g/mol. The number of benzene rings is 2. The quantitative estimate of drug-likeness (QED) is 0.733. The average Bonchev–Trinajstić information content (AvgIpc) is 3.05. The van der Waals surface area contributed by atoms with Crippen molar-refractivity contribution in [1.82, 2.24) is 10.3 Å². The maximum absolute atomic E-state index is 13.6. The van der Waals surface area contributed by atoms with Gasteiger partial charge in [-0.1, -0.05) is 36.9 Å². The fraction of sp³-hybridized carbons (Fsp3) is 0.0556. The zero-order valence-corrected chi connectivity index (χ0v) is 12.6. The van der Waals surface area contributed by atoms with Crippen LogP contribution < -0.4 is 10.6 Å². The highest BCUT2D eigenvalue weighted by Gasteiger charge is 2.09. The highest BCUT2D eigenvalue weighted by Crippen LogP contribution is 2.26. The van der Waals surface area contributed by atoms with Gasteiger partial charge in [-0.05, 0) is 23.8 Å². The second kappa shape index (κ2) is 6.36. The topological polar surface area (TPSA) is 50.1 Å². The van der Waals surface area contributed by atoms with Gasteiger partial charge in [0.05, 0.1) is 11.9 Å². The third-order valence-electron chi connectivity index (χ3n) is 3.42. The predicted molar refractivity (Wildman–Crippen MR) is 89.7 cm³/mol. The molecule has 116 valence electrons. The van der Waals surface area contributed by atoms with Crippen molar-refractivity contribution in [3.05, 3.63) is 72.7 Å². The lowest BCUT2D eigenvalue weighted by atomic mass is 10.1. The van der Waals surface area contributed by atoms with E-state index in [2.05, 4.69) is 22.2 Å². The highest BCUT2D eigenvalue weighted by atomic mass is 19.1. The molecule has 3 rings (SSSR count). The SMILES string of the molecule is C=C(NC)c1cccc(-c2cnc(Nc3ccccc3F)o2)c1. The number of halogens is 1. The van der Waals surface area contributed by atoms with Crippen molar-refractivity contribution in [2.24, 2.45) is 0 Å². The van der Waals surface area contributed by atoms with Gasteiger partial charge in [-0.25, -0.2) is 9.37 Å². The van der Waals surface area contributed by atoms with Crippen molar-refractivity contribution in [1.29, 1.82) is 0 Å². The van der Waals surface area contributed by atoms with Crippen molar-refractivity contribution in [3.8, 4) is 11.3 Å². The summed E-state index contributed by atoms with van der Waals surface area (Å²) in [5.41, 5.74) is 2.97. The molecule has 23 heavy (non-hydrogen) atoms. The molecule has 0 fully saturated rings. The number of nitrogens with zero attached hydrogens (tertiary/aromatic N) is 1. The molecule has 1 heterocycles. The second-order valence-electron chi connectivity index (χ2n) is 4.94. The number of rotatable bonds is 5. The van der Waals surface area contributed by atoms with Gasteiger partial charge in [0, 0.05) is 18.3 Å². The highest BCUT2D eigenvalue weighted by molar-refractivity contribution is 5.68. The minimum atomic E-state index is -0.362. The maximum Gasteiger partial charge on any atom is 0.299 e. The molecule has 0 saturated carbocycles. The lowest BCUT2D eigenvalue weighted by Crippen LogP contribution is -2.02. The van der Waals surface area contributed by atoms with E-state index in [9.17, 15) is 4.39 Å². The summed E-state index contributed by atoms with van der Waals surface area (Å²) in [6.07, 6.45) is 1.60. The Bertz CT molecular complexity index is 842. The molecule has 0 amide bonds. The first-order valence-electron chi connectivity index (χ1n) is 7.12. The molecule has 0 bridgehead atoms. The lowest BCUT2D eigenvalue weighted by molar-refractivity contribution is 0.587. The molecular formula is C18H16FN3O. The molecule has 0 saturated heterocycles. The Morgan fingerprint density at radius 1 is 1.17 bits per heavy atom. The summed E-state index contributed by atoms with van der Waals surface area (Å²) in [5, 5.41) is 5.84. The number of hydrogen-bond donors (Lipinski definition) is 2. The second-order valence-corrected chi connectivity index (χ2v) is 4.94. The van der Waals surface area contributed by atoms with Crippen molar-refractivity contribution in [3.63, 3.8) is 0 Å². The summed E-state index contributed by atoms with van der Waals surface area (Å²) >= 11 is 0. The zero-order valence-electron chi connectivity index (χ0n) is 12.6. The summed E-state index contributed by atoms with van der Waals surface area (Å²) < 4.78 is 19.3. The van der Waals surface area contributed by atoms with Gasteiger partial charge in [0.15, 0.2) is 5.76 Å². The van der Waals surface area contributed by atoms with Gasteiger partial charge in [0.1, 0.15) is 5.82 Å². The number of hydrogen-bond acceptors (Lipinski definition) is 4. The van der Waals surface area contributed by atoms with Crippen LogP contribution >= 0.6 is 0 Å². The smallest absolute Gasteiger partial charge is 0.299 e.